The van der Waals surface area contributed by atoms with E-state index in [-0.39, 0.29) is 23.5 Å². The number of hydrogen-bond donors (Lipinski definition) is 2. The molecule has 1 saturated heterocycles. The highest BCUT2D eigenvalue weighted by molar-refractivity contribution is 6.06. The number of imide groups is 1. The van der Waals surface area contributed by atoms with Crippen molar-refractivity contribution in [2.75, 3.05) is 5.32 Å². The van der Waals surface area contributed by atoms with Gasteiger partial charge in [0.2, 0.25) is 11.8 Å². The third kappa shape index (κ3) is 3.95. The molecule has 3 amide bonds. The molecule has 1 aliphatic heterocycles. The Hall–Kier alpha value is -3.74. The maximum absolute atomic E-state index is 14.3. The van der Waals surface area contributed by atoms with Crippen LogP contribution in [0.3, 0.4) is 0 Å². The minimum atomic E-state index is -0.749. The van der Waals surface area contributed by atoms with E-state index in [1.165, 1.54) is 6.07 Å². The monoisotopic (exact) mass is 447 g/mol. The number of aryl methyl sites for hydroxylation is 1. The van der Waals surface area contributed by atoms with Gasteiger partial charge in [-0.05, 0) is 62.6 Å². The lowest BCUT2D eigenvalue weighted by Gasteiger charge is -2.35. The number of aromatic nitrogens is 1. The maximum Gasteiger partial charge on any atom is 0.257 e. The van der Waals surface area contributed by atoms with Gasteiger partial charge in [0, 0.05) is 23.5 Å². The first-order valence-electron chi connectivity index (χ1n) is 11.0. The second kappa shape index (κ2) is 8.65. The Kier molecular flexibility index (Phi) is 5.89. The number of amides is 3. The van der Waals surface area contributed by atoms with Crippen molar-refractivity contribution in [1.82, 2.24) is 9.88 Å². The molecular weight excluding hydrogens is 421 g/mol. The number of nitrogens with zero attached hydrogens (tertiary/aromatic N) is 1. The van der Waals surface area contributed by atoms with Gasteiger partial charge in [0.25, 0.3) is 5.91 Å². The van der Waals surface area contributed by atoms with Gasteiger partial charge in [-0.2, -0.15) is 0 Å². The quantitative estimate of drug-likeness (QED) is 0.563. The molecule has 1 atom stereocenters. The van der Waals surface area contributed by atoms with E-state index < -0.39 is 5.41 Å². The second-order valence-electron chi connectivity index (χ2n) is 8.42. The lowest BCUT2D eigenvalue weighted by Crippen LogP contribution is -2.51. The summed E-state index contributed by atoms with van der Waals surface area (Å²) in [6.45, 7) is 5.54. The summed E-state index contributed by atoms with van der Waals surface area (Å²) in [5.41, 5.74) is 2.88. The van der Waals surface area contributed by atoms with Crippen LogP contribution in [0.4, 0.5) is 10.1 Å². The Balaban J connectivity index is 1.57. The number of carbonyl (C=O) groups excluding carboxylic acids is 3. The van der Waals surface area contributed by atoms with Crippen LogP contribution in [0.25, 0.3) is 5.69 Å². The molecule has 1 aliphatic rings. The van der Waals surface area contributed by atoms with Crippen molar-refractivity contribution in [1.29, 1.82) is 0 Å². The summed E-state index contributed by atoms with van der Waals surface area (Å²) >= 11 is 0. The highest BCUT2D eigenvalue weighted by atomic mass is 19.1. The van der Waals surface area contributed by atoms with E-state index in [0.717, 1.165) is 11.3 Å². The molecule has 33 heavy (non-hydrogen) atoms. The first-order chi connectivity index (χ1) is 15.8. The number of para-hydroxylation sites is 1. The van der Waals surface area contributed by atoms with Gasteiger partial charge >= 0.3 is 0 Å². The number of nitrogens with one attached hydrogen (secondary N) is 2. The first kappa shape index (κ1) is 22.5. The maximum atomic E-state index is 14.3. The molecule has 3 aromatic rings. The molecule has 1 unspecified atom stereocenters. The van der Waals surface area contributed by atoms with E-state index in [1.54, 1.807) is 47.9 Å². The fraction of sp³-hybridized carbons (Fsp3) is 0.269. The van der Waals surface area contributed by atoms with Crippen molar-refractivity contribution in [3.63, 3.8) is 0 Å². The van der Waals surface area contributed by atoms with Crippen molar-refractivity contribution in [3.8, 4) is 5.69 Å². The molecule has 2 heterocycles. The zero-order chi connectivity index (χ0) is 23.8. The molecule has 1 fully saturated rings. The topological polar surface area (TPSA) is 80.2 Å². The fourth-order valence-electron chi connectivity index (χ4n) is 4.63. The molecule has 0 radical (unpaired) electrons. The number of anilines is 1. The third-order valence-electron chi connectivity index (χ3n) is 6.53. The van der Waals surface area contributed by atoms with Crippen LogP contribution in [-0.4, -0.2) is 22.3 Å². The number of halogens is 1. The van der Waals surface area contributed by atoms with Crippen molar-refractivity contribution >= 4 is 23.4 Å². The molecule has 0 aliphatic carbocycles. The molecule has 1 aromatic heterocycles. The summed E-state index contributed by atoms with van der Waals surface area (Å²) in [6.07, 6.45) is 1.33. The second-order valence-corrected chi connectivity index (χ2v) is 8.42. The average molecular weight is 448 g/mol. The number of carbonyl (C=O) groups is 3. The van der Waals surface area contributed by atoms with Crippen LogP contribution in [0, 0.1) is 19.7 Å². The summed E-state index contributed by atoms with van der Waals surface area (Å²) in [6, 6.07) is 15.3. The van der Waals surface area contributed by atoms with Crippen LogP contribution in [0.2, 0.25) is 0 Å². The highest BCUT2D eigenvalue weighted by Crippen LogP contribution is 2.36. The van der Waals surface area contributed by atoms with Gasteiger partial charge < -0.3 is 9.88 Å². The normalized spacial score (nSPS) is 18.2. The van der Waals surface area contributed by atoms with Gasteiger partial charge in [-0.25, -0.2) is 4.39 Å². The van der Waals surface area contributed by atoms with Gasteiger partial charge in [0.05, 0.1) is 16.7 Å². The zero-order valence-corrected chi connectivity index (χ0v) is 18.9. The predicted molar refractivity (Wildman–Crippen MR) is 124 cm³/mol. The van der Waals surface area contributed by atoms with E-state index >= 15 is 0 Å². The van der Waals surface area contributed by atoms with E-state index in [0.29, 0.717) is 41.9 Å². The van der Waals surface area contributed by atoms with Gasteiger partial charge in [0.1, 0.15) is 5.82 Å². The van der Waals surface area contributed by atoms with Crippen molar-refractivity contribution in [3.05, 3.63) is 82.9 Å². The van der Waals surface area contributed by atoms with Crippen LogP contribution in [0.15, 0.2) is 54.6 Å². The van der Waals surface area contributed by atoms with Crippen LogP contribution in [-0.2, 0) is 15.0 Å². The van der Waals surface area contributed by atoms with Crippen LogP contribution in [0.1, 0.15) is 53.5 Å². The highest BCUT2D eigenvalue weighted by Gasteiger charge is 2.42. The molecule has 0 bridgehead atoms. The lowest BCUT2D eigenvalue weighted by molar-refractivity contribution is -0.138. The van der Waals surface area contributed by atoms with Crippen LogP contribution in [0.5, 0.6) is 0 Å². The molecule has 170 valence electrons. The number of piperidine rings is 1. The molecule has 2 aromatic carbocycles. The molecule has 4 rings (SSSR count). The summed E-state index contributed by atoms with van der Waals surface area (Å²) < 4.78 is 16.0. The van der Waals surface area contributed by atoms with Crippen molar-refractivity contribution in [2.24, 2.45) is 0 Å². The Bertz CT molecular complexity index is 1250. The third-order valence-corrected chi connectivity index (χ3v) is 6.53. The van der Waals surface area contributed by atoms with E-state index in [4.69, 9.17) is 0 Å². The van der Waals surface area contributed by atoms with Crippen LogP contribution >= 0.6 is 0 Å². The van der Waals surface area contributed by atoms with Crippen molar-refractivity contribution in [2.45, 2.75) is 45.4 Å². The largest absolute Gasteiger partial charge is 0.322 e. The van der Waals surface area contributed by atoms with Crippen molar-refractivity contribution < 1.29 is 18.8 Å². The Morgan fingerprint density at radius 2 is 1.82 bits per heavy atom. The Morgan fingerprint density at radius 3 is 2.45 bits per heavy atom. The standard InChI is InChI=1S/C26H26FN3O3/c1-4-26(14-13-23(31)29-25(26)33)18-9-11-19(12-10-18)28-24(32)20-15-16(2)30(17(20)3)22-8-6-5-7-21(22)27/h5-12,15H,4,13-14H2,1-3H3,(H,28,32)(H,29,31,33). The molecule has 6 nitrogen and oxygen atoms in total. The minimum Gasteiger partial charge on any atom is -0.322 e. The Labute approximate surface area is 191 Å². The lowest BCUT2D eigenvalue weighted by atomic mass is 9.72. The van der Waals surface area contributed by atoms with Gasteiger partial charge in [-0.3, -0.25) is 19.7 Å². The molecule has 0 spiro atoms. The van der Waals surface area contributed by atoms with E-state index in [2.05, 4.69) is 10.6 Å². The summed E-state index contributed by atoms with van der Waals surface area (Å²) in [4.78, 5) is 37.2. The molecule has 2 N–H and O–H groups in total. The zero-order valence-electron chi connectivity index (χ0n) is 18.9. The summed E-state index contributed by atoms with van der Waals surface area (Å²) in [5, 5.41) is 5.33. The summed E-state index contributed by atoms with van der Waals surface area (Å²) in [7, 11) is 0. The first-order valence-corrected chi connectivity index (χ1v) is 11.0. The number of hydrogen-bond acceptors (Lipinski definition) is 3. The SMILES string of the molecule is CCC1(c2ccc(NC(=O)c3cc(C)n(-c4ccccc4F)c3C)cc2)CCC(=O)NC1=O. The molecule has 7 heteroatoms. The van der Waals surface area contributed by atoms with E-state index in [1.807, 2.05) is 26.0 Å². The smallest absolute Gasteiger partial charge is 0.257 e. The summed E-state index contributed by atoms with van der Waals surface area (Å²) in [5.74, 6) is -1.19. The van der Waals surface area contributed by atoms with Crippen LogP contribution < -0.4 is 10.6 Å². The fourth-order valence-corrected chi connectivity index (χ4v) is 4.63. The minimum absolute atomic E-state index is 0.249. The Morgan fingerprint density at radius 1 is 1.12 bits per heavy atom. The van der Waals surface area contributed by atoms with E-state index in [9.17, 15) is 18.8 Å². The van der Waals surface area contributed by atoms with Gasteiger partial charge in [-0.1, -0.05) is 31.2 Å². The van der Waals surface area contributed by atoms with Gasteiger partial charge in [-0.15, -0.1) is 0 Å². The number of rotatable bonds is 5. The molecule has 0 saturated carbocycles. The van der Waals surface area contributed by atoms with Gasteiger partial charge in [0.15, 0.2) is 0 Å². The number of benzene rings is 2. The molecular formula is C26H26FN3O3. The average Bonchev–Trinajstić information content (AvgIpc) is 3.09. The predicted octanol–water partition coefficient (Wildman–Crippen LogP) is 4.57.